The molecule has 0 aliphatic carbocycles. The van der Waals surface area contributed by atoms with Crippen LogP contribution in [0.2, 0.25) is 0 Å². The van der Waals surface area contributed by atoms with Gasteiger partial charge in [0.15, 0.2) is 11.9 Å². The Labute approximate surface area is 151 Å². The van der Waals surface area contributed by atoms with E-state index in [0.29, 0.717) is 23.4 Å². The molecule has 0 spiro atoms. The highest BCUT2D eigenvalue weighted by atomic mass is 16.5. The normalized spacial score (nSPS) is 11.5. The third kappa shape index (κ3) is 5.73. The minimum absolute atomic E-state index is 0.0654. The topological polar surface area (TPSA) is 92.7 Å². The number of hydrogen-bond donors (Lipinski definition) is 2. The fraction of sp³-hybridized carbons (Fsp3) is 0.250. The Kier molecular flexibility index (Phi) is 6.49. The highest BCUT2D eigenvalue weighted by Gasteiger charge is 2.15. The summed E-state index contributed by atoms with van der Waals surface area (Å²) in [4.78, 5) is 34.2. The second-order valence-electron chi connectivity index (χ2n) is 5.92. The second-order valence-corrected chi connectivity index (χ2v) is 5.92. The largest absolute Gasteiger partial charge is 0.481 e. The summed E-state index contributed by atoms with van der Waals surface area (Å²) in [6.07, 6.45) is -0.241. The minimum Gasteiger partial charge on any atom is -0.481 e. The van der Waals surface area contributed by atoms with Gasteiger partial charge >= 0.3 is 5.97 Å². The zero-order valence-electron chi connectivity index (χ0n) is 14.7. The van der Waals surface area contributed by atoms with Gasteiger partial charge in [-0.25, -0.2) is 0 Å². The predicted octanol–water partition coefficient (Wildman–Crippen LogP) is 3.31. The lowest BCUT2D eigenvalue weighted by Gasteiger charge is -2.15. The third-order valence-electron chi connectivity index (χ3n) is 3.77. The summed E-state index contributed by atoms with van der Waals surface area (Å²) in [5.74, 6) is -0.793. The van der Waals surface area contributed by atoms with Crippen LogP contribution in [-0.4, -0.2) is 28.9 Å². The maximum Gasteiger partial charge on any atom is 0.303 e. The van der Waals surface area contributed by atoms with Gasteiger partial charge in [0.05, 0.1) is 0 Å². The van der Waals surface area contributed by atoms with E-state index in [1.807, 2.05) is 0 Å². The number of anilines is 1. The molecule has 1 amide bonds. The van der Waals surface area contributed by atoms with E-state index >= 15 is 0 Å². The van der Waals surface area contributed by atoms with Crippen molar-refractivity contribution in [1.29, 1.82) is 0 Å². The number of aliphatic carboxylic acids is 1. The average Bonchev–Trinajstić information content (AvgIpc) is 2.61. The van der Waals surface area contributed by atoms with Gasteiger partial charge in [-0.3, -0.25) is 14.4 Å². The molecule has 2 aromatic rings. The molecular weight excluding hydrogens is 334 g/mol. The van der Waals surface area contributed by atoms with Crippen LogP contribution in [0.15, 0.2) is 48.5 Å². The number of ketones is 1. The lowest BCUT2D eigenvalue weighted by Crippen LogP contribution is -2.30. The molecule has 0 aliphatic rings. The lowest BCUT2D eigenvalue weighted by atomic mass is 10.1. The fourth-order valence-electron chi connectivity index (χ4n) is 2.30. The Morgan fingerprint density at radius 1 is 1.12 bits per heavy atom. The van der Waals surface area contributed by atoms with E-state index < -0.39 is 12.1 Å². The number of amides is 1. The van der Waals surface area contributed by atoms with E-state index in [0.717, 1.165) is 5.56 Å². The van der Waals surface area contributed by atoms with Gasteiger partial charge in [-0.2, -0.15) is 0 Å². The van der Waals surface area contributed by atoms with Gasteiger partial charge in [-0.15, -0.1) is 0 Å². The smallest absolute Gasteiger partial charge is 0.303 e. The molecule has 0 saturated carbocycles. The number of rotatable bonds is 8. The summed E-state index contributed by atoms with van der Waals surface area (Å²) >= 11 is 0. The molecule has 2 rings (SSSR count). The first kappa shape index (κ1) is 19.2. The maximum atomic E-state index is 12.3. The molecule has 1 atom stereocenters. The summed E-state index contributed by atoms with van der Waals surface area (Å²) in [7, 11) is 0. The highest BCUT2D eigenvalue weighted by molar-refractivity contribution is 5.95. The van der Waals surface area contributed by atoms with Crippen molar-refractivity contribution in [1.82, 2.24) is 0 Å². The fourth-order valence-corrected chi connectivity index (χ4v) is 2.30. The molecule has 6 nitrogen and oxygen atoms in total. The van der Waals surface area contributed by atoms with Gasteiger partial charge in [0, 0.05) is 17.7 Å². The molecule has 0 aromatic heterocycles. The van der Waals surface area contributed by atoms with Crippen LogP contribution in [0.5, 0.6) is 5.75 Å². The molecule has 0 fully saturated rings. The molecule has 6 heteroatoms. The number of nitrogens with one attached hydrogen (secondary N) is 1. The van der Waals surface area contributed by atoms with Crippen molar-refractivity contribution in [3.63, 3.8) is 0 Å². The van der Waals surface area contributed by atoms with Crippen LogP contribution in [0.1, 0.15) is 36.2 Å². The van der Waals surface area contributed by atoms with Gasteiger partial charge in [0.25, 0.3) is 5.91 Å². The first-order valence-corrected chi connectivity index (χ1v) is 8.24. The van der Waals surface area contributed by atoms with Crippen molar-refractivity contribution >= 4 is 23.3 Å². The van der Waals surface area contributed by atoms with Gasteiger partial charge in [-0.1, -0.05) is 24.3 Å². The molecule has 0 saturated heterocycles. The van der Waals surface area contributed by atoms with Crippen molar-refractivity contribution in [3.8, 4) is 5.75 Å². The number of carbonyl (C=O) groups is 3. The van der Waals surface area contributed by atoms with Crippen LogP contribution in [0.25, 0.3) is 0 Å². The summed E-state index contributed by atoms with van der Waals surface area (Å²) in [6, 6.07) is 13.7. The Bertz CT molecular complexity index is 798. The number of carbonyl (C=O) groups excluding carboxylic acids is 2. The molecule has 0 bridgehead atoms. The summed E-state index contributed by atoms with van der Waals surface area (Å²) in [5.41, 5.74) is 2.00. The first-order valence-electron chi connectivity index (χ1n) is 8.24. The molecular formula is C20H21NO5. The second kappa shape index (κ2) is 8.80. The quantitative estimate of drug-likeness (QED) is 0.709. The predicted molar refractivity (Wildman–Crippen MR) is 97.6 cm³/mol. The van der Waals surface area contributed by atoms with Crippen LogP contribution in [-0.2, 0) is 16.0 Å². The Balaban J connectivity index is 1.93. The zero-order chi connectivity index (χ0) is 19.1. The van der Waals surface area contributed by atoms with E-state index in [9.17, 15) is 14.4 Å². The monoisotopic (exact) mass is 355 g/mol. The van der Waals surface area contributed by atoms with Crippen LogP contribution >= 0.6 is 0 Å². The van der Waals surface area contributed by atoms with E-state index in [2.05, 4.69) is 5.32 Å². The number of carboxylic acid groups (broad SMARTS) is 1. The summed E-state index contributed by atoms with van der Waals surface area (Å²) in [5, 5.41) is 11.4. The molecule has 2 aromatic carbocycles. The average molecular weight is 355 g/mol. The maximum absolute atomic E-state index is 12.3. The Morgan fingerprint density at radius 3 is 2.42 bits per heavy atom. The van der Waals surface area contributed by atoms with Crippen molar-refractivity contribution < 1.29 is 24.2 Å². The molecule has 26 heavy (non-hydrogen) atoms. The summed E-state index contributed by atoms with van der Waals surface area (Å²) in [6.45, 7) is 3.09. The van der Waals surface area contributed by atoms with E-state index in [4.69, 9.17) is 9.84 Å². The van der Waals surface area contributed by atoms with Crippen LogP contribution in [0.3, 0.4) is 0 Å². The van der Waals surface area contributed by atoms with Gasteiger partial charge in [0.1, 0.15) is 5.75 Å². The van der Waals surface area contributed by atoms with Gasteiger partial charge in [-0.05, 0) is 50.1 Å². The molecule has 1 unspecified atom stereocenters. The number of ether oxygens (including phenoxy) is 1. The number of hydrogen-bond acceptors (Lipinski definition) is 4. The SMILES string of the molecule is CC(=O)c1cccc(OC(C)C(=O)Nc2ccc(CCC(=O)O)cc2)c1. The first-order chi connectivity index (χ1) is 12.3. The van der Waals surface area contributed by atoms with Crippen LogP contribution in [0.4, 0.5) is 5.69 Å². The third-order valence-corrected chi connectivity index (χ3v) is 3.77. The van der Waals surface area contributed by atoms with Crippen LogP contribution < -0.4 is 10.1 Å². The zero-order valence-corrected chi connectivity index (χ0v) is 14.7. The molecule has 0 aliphatic heterocycles. The molecule has 136 valence electrons. The van der Waals surface area contributed by atoms with Crippen molar-refractivity contribution in [2.75, 3.05) is 5.32 Å². The number of benzene rings is 2. The van der Waals surface area contributed by atoms with Gasteiger partial charge in [0.2, 0.25) is 0 Å². The van der Waals surface area contributed by atoms with E-state index in [-0.39, 0.29) is 18.1 Å². The number of aryl methyl sites for hydroxylation is 1. The molecule has 2 N–H and O–H groups in total. The van der Waals surface area contributed by atoms with Crippen molar-refractivity contribution in [2.24, 2.45) is 0 Å². The standard InChI is InChI=1S/C20H21NO5/c1-13(22)16-4-3-5-18(12-16)26-14(2)20(25)21-17-9-6-15(7-10-17)8-11-19(23)24/h3-7,9-10,12,14H,8,11H2,1-2H3,(H,21,25)(H,23,24). The van der Waals surface area contributed by atoms with E-state index in [1.165, 1.54) is 6.92 Å². The number of Topliss-reactive ketones (excluding diaryl/α,β-unsaturated/α-hetero) is 1. The lowest BCUT2D eigenvalue weighted by molar-refractivity contribution is -0.137. The highest BCUT2D eigenvalue weighted by Crippen LogP contribution is 2.17. The van der Waals surface area contributed by atoms with Crippen LogP contribution in [0, 0.1) is 0 Å². The van der Waals surface area contributed by atoms with Crippen molar-refractivity contribution in [3.05, 3.63) is 59.7 Å². The number of carboxylic acids is 1. The Hall–Kier alpha value is -3.15. The minimum atomic E-state index is -0.845. The molecule has 0 radical (unpaired) electrons. The molecule has 0 heterocycles. The van der Waals surface area contributed by atoms with E-state index in [1.54, 1.807) is 55.5 Å². The summed E-state index contributed by atoms with van der Waals surface area (Å²) < 4.78 is 5.60. The van der Waals surface area contributed by atoms with Gasteiger partial charge < -0.3 is 15.2 Å². The van der Waals surface area contributed by atoms with Crippen molar-refractivity contribution in [2.45, 2.75) is 32.8 Å². The Morgan fingerprint density at radius 2 is 1.81 bits per heavy atom.